The van der Waals surface area contributed by atoms with Gasteiger partial charge in [0.25, 0.3) is 5.69 Å². The van der Waals surface area contributed by atoms with Crippen molar-refractivity contribution in [2.75, 3.05) is 11.9 Å². The summed E-state index contributed by atoms with van der Waals surface area (Å²) in [5.41, 5.74) is -0.682. The van der Waals surface area contributed by atoms with Crippen LogP contribution in [0, 0.1) is 16.0 Å². The van der Waals surface area contributed by atoms with Crippen molar-refractivity contribution in [3.8, 4) is 0 Å². The second kappa shape index (κ2) is 6.80. The van der Waals surface area contributed by atoms with Crippen molar-refractivity contribution >= 4 is 17.5 Å². The monoisotopic (exact) mass is 283 g/mol. The highest BCUT2D eigenvalue weighted by Crippen LogP contribution is 2.21. The first-order chi connectivity index (χ1) is 9.35. The van der Waals surface area contributed by atoms with Gasteiger partial charge in [0.1, 0.15) is 17.6 Å². The van der Waals surface area contributed by atoms with Crippen molar-refractivity contribution in [1.82, 2.24) is 4.98 Å². The molecule has 0 saturated carbocycles. The maximum absolute atomic E-state index is 11.1. The summed E-state index contributed by atoms with van der Waals surface area (Å²) in [7, 11) is 0. The van der Waals surface area contributed by atoms with E-state index < -0.39 is 16.6 Å². The van der Waals surface area contributed by atoms with Gasteiger partial charge in [-0.15, -0.1) is 0 Å². The average molecular weight is 283 g/mol. The van der Waals surface area contributed by atoms with Crippen LogP contribution >= 0.6 is 0 Å². The summed E-state index contributed by atoms with van der Waals surface area (Å²) in [5, 5.41) is 31.8. The molecule has 110 valence electrons. The van der Waals surface area contributed by atoms with E-state index in [4.69, 9.17) is 5.11 Å². The van der Waals surface area contributed by atoms with E-state index in [0.717, 1.165) is 12.3 Å². The fourth-order valence-corrected chi connectivity index (χ4v) is 1.77. The molecule has 0 aromatic carbocycles. The van der Waals surface area contributed by atoms with Crippen LogP contribution in [0.4, 0.5) is 11.5 Å². The van der Waals surface area contributed by atoms with E-state index in [2.05, 4.69) is 10.3 Å². The van der Waals surface area contributed by atoms with Gasteiger partial charge >= 0.3 is 5.97 Å². The molecule has 20 heavy (non-hydrogen) atoms. The third-order valence-electron chi connectivity index (χ3n) is 2.63. The van der Waals surface area contributed by atoms with E-state index in [-0.39, 0.29) is 24.0 Å². The summed E-state index contributed by atoms with van der Waals surface area (Å²) >= 11 is 0. The first kappa shape index (κ1) is 15.8. The number of nitrogens with one attached hydrogen (secondary N) is 1. The van der Waals surface area contributed by atoms with Crippen molar-refractivity contribution in [1.29, 1.82) is 0 Å². The standard InChI is InChI=1S/C12H17N3O5/c1-7(2)3-8(6-16)14-11-10(12(17)18)4-9(5-13-11)15(19)20/h4-5,7-8,16H,3,6H2,1-2H3,(H,13,14)(H,17,18). The van der Waals surface area contributed by atoms with Gasteiger partial charge in [-0.3, -0.25) is 10.1 Å². The summed E-state index contributed by atoms with van der Waals surface area (Å²) in [5.74, 6) is -1.00. The van der Waals surface area contributed by atoms with Crippen molar-refractivity contribution in [2.24, 2.45) is 5.92 Å². The minimum Gasteiger partial charge on any atom is -0.478 e. The van der Waals surface area contributed by atoms with Crippen molar-refractivity contribution in [3.63, 3.8) is 0 Å². The molecule has 0 spiro atoms. The lowest BCUT2D eigenvalue weighted by Gasteiger charge is -2.19. The SMILES string of the molecule is CC(C)CC(CO)Nc1ncc([N+](=O)[O-])cc1C(=O)O. The number of carboxylic acids is 1. The van der Waals surface area contributed by atoms with Gasteiger partial charge in [0.2, 0.25) is 0 Å². The van der Waals surface area contributed by atoms with E-state index in [1.165, 1.54) is 0 Å². The molecule has 0 fully saturated rings. The van der Waals surface area contributed by atoms with Crippen LogP contribution in [0.25, 0.3) is 0 Å². The van der Waals surface area contributed by atoms with Gasteiger partial charge < -0.3 is 15.5 Å². The zero-order chi connectivity index (χ0) is 15.3. The van der Waals surface area contributed by atoms with Gasteiger partial charge in [-0.25, -0.2) is 9.78 Å². The predicted molar refractivity (Wildman–Crippen MR) is 71.8 cm³/mol. The zero-order valence-corrected chi connectivity index (χ0v) is 11.2. The Morgan fingerprint density at radius 2 is 2.20 bits per heavy atom. The molecule has 0 radical (unpaired) electrons. The number of anilines is 1. The molecule has 0 amide bonds. The lowest BCUT2D eigenvalue weighted by Crippen LogP contribution is -2.27. The van der Waals surface area contributed by atoms with E-state index in [1.807, 2.05) is 13.8 Å². The van der Waals surface area contributed by atoms with Crippen LogP contribution < -0.4 is 5.32 Å². The highest BCUT2D eigenvalue weighted by Gasteiger charge is 2.20. The minimum atomic E-state index is -1.31. The zero-order valence-electron chi connectivity index (χ0n) is 11.2. The highest BCUT2D eigenvalue weighted by molar-refractivity contribution is 5.93. The molecule has 0 saturated heterocycles. The summed E-state index contributed by atoms with van der Waals surface area (Å²) in [6.45, 7) is 3.74. The fourth-order valence-electron chi connectivity index (χ4n) is 1.77. The number of aromatic carboxylic acids is 1. The third kappa shape index (κ3) is 4.16. The Morgan fingerprint density at radius 1 is 1.55 bits per heavy atom. The van der Waals surface area contributed by atoms with E-state index in [1.54, 1.807) is 0 Å². The Bertz CT molecular complexity index is 504. The predicted octanol–water partition coefficient (Wildman–Crippen LogP) is 1.51. The maximum Gasteiger partial charge on any atom is 0.339 e. The van der Waals surface area contributed by atoms with E-state index in [9.17, 15) is 20.0 Å². The van der Waals surface area contributed by atoms with Crippen molar-refractivity contribution < 1.29 is 19.9 Å². The van der Waals surface area contributed by atoms with Gasteiger partial charge in [-0.1, -0.05) is 13.8 Å². The molecule has 1 heterocycles. The average Bonchev–Trinajstić information content (AvgIpc) is 2.37. The minimum absolute atomic E-state index is 0.0165. The van der Waals surface area contributed by atoms with Crippen molar-refractivity contribution in [2.45, 2.75) is 26.3 Å². The van der Waals surface area contributed by atoms with Crippen LogP contribution in [0.15, 0.2) is 12.3 Å². The van der Waals surface area contributed by atoms with Crippen LogP contribution in [0.1, 0.15) is 30.6 Å². The lowest BCUT2D eigenvalue weighted by atomic mass is 10.0. The number of carboxylic acid groups (broad SMARTS) is 1. The number of aromatic nitrogens is 1. The Hall–Kier alpha value is -2.22. The second-order valence-electron chi connectivity index (χ2n) is 4.81. The van der Waals surface area contributed by atoms with Crippen LogP contribution in [-0.4, -0.2) is 38.7 Å². The first-order valence-electron chi connectivity index (χ1n) is 6.10. The molecule has 1 atom stereocenters. The van der Waals surface area contributed by atoms with Gasteiger partial charge in [0, 0.05) is 6.07 Å². The van der Waals surface area contributed by atoms with Gasteiger partial charge in [0.15, 0.2) is 0 Å². The molecule has 0 bridgehead atoms. The van der Waals surface area contributed by atoms with Crippen LogP contribution in [-0.2, 0) is 0 Å². The maximum atomic E-state index is 11.1. The number of aliphatic hydroxyl groups excluding tert-OH is 1. The molecule has 0 aliphatic carbocycles. The molecule has 0 aliphatic heterocycles. The molecule has 1 aromatic rings. The fraction of sp³-hybridized carbons (Fsp3) is 0.500. The molecule has 1 unspecified atom stereocenters. The number of aliphatic hydroxyl groups is 1. The van der Waals surface area contributed by atoms with Gasteiger partial charge in [-0.05, 0) is 12.3 Å². The van der Waals surface area contributed by atoms with E-state index >= 15 is 0 Å². The number of rotatable bonds is 7. The molecule has 0 aliphatic rings. The molecule has 3 N–H and O–H groups in total. The Balaban J connectivity index is 3.04. The largest absolute Gasteiger partial charge is 0.478 e. The smallest absolute Gasteiger partial charge is 0.339 e. The topological polar surface area (TPSA) is 126 Å². The number of hydrogen-bond donors (Lipinski definition) is 3. The molecule has 1 aromatic heterocycles. The van der Waals surface area contributed by atoms with Crippen LogP contribution in [0.3, 0.4) is 0 Å². The summed E-state index contributed by atoms with van der Waals surface area (Å²) < 4.78 is 0. The summed E-state index contributed by atoms with van der Waals surface area (Å²) in [6, 6.07) is 0.587. The Morgan fingerprint density at radius 3 is 2.65 bits per heavy atom. The quantitative estimate of drug-likeness (QED) is 0.511. The number of nitro groups is 1. The molecular weight excluding hydrogens is 266 g/mol. The molecular formula is C12H17N3O5. The van der Waals surface area contributed by atoms with Crippen molar-refractivity contribution in [3.05, 3.63) is 27.9 Å². The number of nitrogens with zero attached hydrogens (tertiary/aromatic N) is 2. The number of hydrogen-bond acceptors (Lipinski definition) is 6. The van der Waals surface area contributed by atoms with Crippen LogP contribution in [0.2, 0.25) is 0 Å². The summed E-state index contributed by atoms with van der Waals surface area (Å²) in [6.07, 6.45) is 1.60. The van der Waals surface area contributed by atoms with E-state index in [0.29, 0.717) is 12.3 Å². The highest BCUT2D eigenvalue weighted by atomic mass is 16.6. The Kier molecular flexibility index (Phi) is 5.39. The van der Waals surface area contributed by atoms with Gasteiger partial charge in [0.05, 0.1) is 17.6 Å². The molecule has 8 heteroatoms. The lowest BCUT2D eigenvalue weighted by molar-refractivity contribution is -0.385. The van der Waals surface area contributed by atoms with Gasteiger partial charge in [-0.2, -0.15) is 0 Å². The Labute approximate surface area is 115 Å². The first-order valence-corrected chi connectivity index (χ1v) is 6.10. The third-order valence-corrected chi connectivity index (χ3v) is 2.63. The molecule has 8 nitrogen and oxygen atoms in total. The molecule has 1 rings (SSSR count). The second-order valence-corrected chi connectivity index (χ2v) is 4.81. The normalized spacial score (nSPS) is 12.2. The number of carbonyl (C=O) groups is 1. The number of pyridine rings is 1. The van der Waals surface area contributed by atoms with Crippen LogP contribution in [0.5, 0.6) is 0 Å². The summed E-state index contributed by atoms with van der Waals surface area (Å²) in [4.78, 5) is 24.8.